The zero-order chi connectivity index (χ0) is 22.2. The molecule has 2 aliphatic heterocycles. The first-order valence-electron chi connectivity index (χ1n) is 10.3. The summed E-state index contributed by atoms with van der Waals surface area (Å²) in [5, 5.41) is 11.0. The predicted molar refractivity (Wildman–Crippen MR) is 116 cm³/mol. The molecule has 2 aromatic rings. The number of piperazine rings is 1. The maximum Gasteiger partial charge on any atom is 0.410 e. The van der Waals surface area contributed by atoms with Crippen LogP contribution < -0.4 is 9.80 Å². The minimum Gasteiger partial charge on any atom is -0.444 e. The fraction of sp³-hybridized carbons (Fsp3) is 0.476. The van der Waals surface area contributed by atoms with Crippen LogP contribution in [0.3, 0.4) is 0 Å². The molecule has 164 valence electrons. The molecule has 0 atom stereocenters. The summed E-state index contributed by atoms with van der Waals surface area (Å²) in [5.74, 6) is 1.45. The second-order valence-corrected chi connectivity index (χ2v) is 8.66. The van der Waals surface area contributed by atoms with Gasteiger partial charge in [0.2, 0.25) is 0 Å². The van der Waals surface area contributed by atoms with E-state index >= 15 is 0 Å². The Morgan fingerprint density at radius 1 is 1.10 bits per heavy atom. The molecule has 4 rings (SSSR count). The minimum absolute atomic E-state index is 0.100. The van der Waals surface area contributed by atoms with Gasteiger partial charge in [0.25, 0.3) is 5.69 Å². The second-order valence-electron chi connectivity index (χ2n) is 8.66. The van der Waals surface area contributed by atoms with Crippen LogP contribution in [0.2, 0.25) is 0 Å². The number of non-ortho nitro benzene ring substituents is 1. The number of fused-ring (bicyclic) bond motifs is 1. The molecular weight excluding hydrogens is 400 g/mol. The number of benzene rings is 1. The van der Waals surface area contributed by atoms with E-state index in [2.05, 4.69) is 9.88 Å². The summed E-state index contributed by atoms with van der Waals surface area (Å²) in [6.07, 6.45) is 3.85. The van der Waals surface area contributed by atoms with Crippen molar-refractivity contribution in [3.05, 3.63) is 46.3 Å². The molecule has 1 aromatic carbocycles. The van der Waals surface area contributed by atoms with Gasteiger partial charge in [0.15, 0.2) is 5.82 Å². The number of amides is 1. The average molecular weight is 426 g/mol. The summed E-state index contributed by atoms with van der Waals surface area (Å²) >= 11 is 0. The first-order valence-corrected chi connectivity index (χ1v) is 10.3. The Morgan fingerprint density at radius 2 is 1.81 bits per heavy atom. The summed E-state index contributed by atoms with van der Waals surface area (Å²) in [5.41, 5.74) is 1.45. The van der Waals surface area contributed by atoms with Crippen molar-refractivity contribution in [1.82, 2.24) is 14.9 Å². The third-order valence-corrected chi connectivity index (χ3v) is 5.31. The van der Waals surface area contributed by atoms with Gasteiger partial charge in [-0.05, 0) is 38.8 Å². The highest BCUT2D eigenvalue weighted by Crippen LogP contribution is 2.36. The molecule has 0 N–H and O–H groups in total. The number of nitro benzene ring substituents is 1. The third-order valence-electron chi connectivity index (χ3n) is 5.31. The fourth-order valence-corrected chi connectivity index (χ4v) is 3.81. The normalized spacial score (nSPS) is 16.3. The van der Waals surface area contributed by atoms with Crippen LogP contribution in [0, 0.1) is 10.1 Å². The van der Waals surface area contributed by atoms with Gasteiger partial charge in [-0.15, -0.1) is 0 Å². The molecule has 0 saturated carbocycles. The molecule has 2 aliphatic rings. The fourth-order valence-electron chi connectivity index (χ4n) is 3.81. The van der Waals surface area contributed by atoms with Crippen molar-refractivity contribution >= 4 is 29.1 Å². The second kappa shape index (κ2) is 8.01. The van der Waals surface area contributed by atoms with Crippen molar-refractivity contribution in [2.45, 2.75) is 32.8 Å². The number of carbonyl (C=O) groups is 1. The van der Waals surface area contributed by atoms with Crippen LogP contribution in [-0.4, -0.2) is 64.2 Å². The first-order chi connectivity index (χ1) is 14.7. The van der Waals surface area contributed by atoms with Crippen LogP contribution in [0.4, 0.5) is 27.8 Å². The van der Waals surface area contributed by atoms with Gasteiger partial charge in [0.05, 0.1) is 17.3 Å². The van der Waals surface area contributed by atoms with Crippen molar-refractivity contribution in [3.63, 3.8) is 0 Å². The largest absolute Gasteiger partial charge is 0.444 e. The van der Waals surface area contributed by atoms with Crippen molar-refractivity contribution in [2.24, 2.45) is 0 Å². The van der Waals surface area contributed by atoms with Crippen molar-refractivity contribution in [2.75, 3.05) is 42.5 Å². The molecule has 1 fully saturated rings. The van der Waals surface area contributed by atoms with Crippen LogP contribution in [-0.2, 0) is 11.2 Å². The summed E-state index contributed by atoms with van der Waals surface area (Å²) < 4.78 is 5.45. The lowest BCUT2D eigenvalue weighted by Crippen LogP contribution is -2.50. The van der Waals surface area contributed by atoms with Crippen molar-refractivity contribution in [3.8, 4) is 0 Å². The number of rotatable bonds is 3. The summed E-state index contributed by atoms with van der Waals surface area (Å²) in [6.45, 7) is 8.65. The SMILES string of the molecule is CC(C)(C)OC(=O)N1CCN(c2cncc(N3CCc4cc([N+](=O)[O-])ccc43)n2)CC1. The highest BCUT2D eigenvalue weighted by atomic mass is 16.6. The highest BCUT2D eigenvalue weighted by molar-refractivity contribution is 5.70. The Kier molecular flexibility index (Phi) is 5.38. The summed E-state index contributed by atoms with van der Waals surface area (Å²) in [6, 6.07) is 4.92. The molecule has 10 nitrogen and oxygen atoms in total. The summed E-state index contributed by atoms with van der Waals surface area (Å²) in [4.78, 5) is 37.9. The Balaban J connectivity index is 1.45. The van der Waals surface area contributed by atoms with Crippen LogP contribution in [0.5, 0.6) is 0 Å². The van der Waals surface area contributed by atoms with Crippen molar-refractivity contribution < 1.29 is 14.5 Å². The minimum atomic E-state index is -0.513. The molecule has 1 saturated heterocycles. The van der Waals surface area contributed by atoms with Crippen molar-refractivity contribution in [1.29, 1.82) is 0 Å². The Morgan fingerprint density at radius 3 is 2.48 bits per heavy atom. The summed E-state index contributed by atoms with van der Waals surface area (Å²) in [7, 11) is 0. The number of carbonyl (C=O) groups excluding carboxylic acids is 1. The van der Waals surface area contributed by atoms with Crippen LogP contribution in [0.1, 0.15) is 26.3 Å². The van der Waals surface area contributed by atoms with Gasteiger partial charge < -0.3 is 19.4 Å². The maximum absolute atomic E-state index is 12.3. The van der Waals surface area contributed by atoms with Gasteiger partial charge in [-0.1, -0.05) is 0 Å². The van der Waals surface area contributed by atoms with E-state index in [0.29, 0.717) is 38.5 Å². The van der Waals surface area contributed by atoms with E-state index in [0.717, 1.165) is 23.5 Å². The third kappa shape index (κ3) is 4.52. The lowest BCUT2D eigenvalue weighted by Gasteiger charge is -2.36. The van der Waals surface area contributed by atoms with E-state index in [9.17, 15) is 14.9 Å². The lowest BCUT2D eigenvalue weighted by molar-refractivity contribution is -0.384. The number of nitrogens with zero attached hydrogens (tertiary/aromatic N) is 6. The lowest BCUT2D eigenvalue weighted by atomic mass is 10.1. The molecule has 0 radical (unpaired) electrons. The zero-order valence-electron chi connectivity index (χ0n) is 17.9. The smallest absolute Gasteiger partial charge is 0.410 e. The van der Waals surface area contributed by atoms with Gasteiger partial charge >= 0.3 is 6.09 Å². The van der Waals surface area contributed by atoms with Gasteiger partial charge in [-0.2, -0.15) is 0 Å². The van der Waals surface area contributed by atoms with E-state index in [4.69, 9.17) is 9.72 Å². The van der Waals surface area contributed by atoms with Crippen LogP contribution in [0.25, 0.3) is 0 Å². The molecular formula is C21H26N6O4. The number of nitro groups is 1. The molecule has 31 heavy (non-hydrogen) atoms. The highest BCUT2D eigenvalue weighted by Gasteiger charge is 2.28. The van der Waals surface area contributed by atoms with Gasteiger partial charge in [0, 0.05) is 50.5 Å². The van der Waals surface area contributed by atoms with Gasteiger partial charge in [-0.25, -0.2) is 9.78 Å². The Labute approximate surface area is 180 Å². The Bertz CT molecular complexity index is 998. The van der Waals surface area contributed by atoms with Crippen LogP contribution >= 0.6 is 0 Å². The standard InChI is InChI=1S/C21H26N6O4/c1-21(2,3)31-20(28)25-10-8-24(9-11-25)18-13-22-14-19(23-18)26-7-6-15-12-16(27(29)30)4-5-17(15)26/h4-5,12-14H,6-11H2,1-3H3. The van der Waals surface area contributed by atoms with Gasteiger partial charge in [0.1, 0.15) is 11.4 Å². The van der Waals surface area contributed by atoms with Gasteiger partial charge in [-0.3, -0.25) is 15.1 Å². The van der Waals surface area contributed by atoms with Crippen LogP contribution in [0.15, 0.2) is 30.6 Å². The number of aromatic nitrogens is 2. The number of hydrogen-bond acceptors (Lipinski definition) is 8. The van der Waals surface area contributed by atoms with E-state index in [-0.39, 0.29) is 16.7 Å². The number of anilines is 3. The van der Waals surface area contributed by atoms with E-state index in [1.165, 1.54) is 6.07 Å². The predicted octanol–water partition coefficient (Wildman–Crippen LogP) is 3.14. The molecule has 0 aliphatic carbocycles. The molecule has 10 heteroatoms. The maximum atomic E-state index is 12.3. The topological polar surface area (TPSA) is 105 Å². The average Bonchev–Trinajstić information content (AvgIpc) is 3.16. The first kappa shape index (κ1) is 20.8. The van der Waals surface area contributed by atoms with E-state index < -0.39 is 5.60 Å². The molecule has 1 amide bonds. The van der Waals surface area contributed by atoms with E-state index in [1.54, 1.807) is 29.4 Å². The molecule has 3 heterocycles. The number of ether oxygens (including phenoxy) is 1. The molecule has 1 aromatic heterocycles. The van der Waals surface area contributed by atoms with E-state index in [1.807, 2.05) is 25.7 Å². The zero-order valence-corrected chi connectivity index (χ0v) is 17.9. The molecule has 0 unspecified atom stereocenters. The quantitative estimate of drug-likeness (QED) is 0.544. The Hall–Kier alpha value is -3.43. The molecule has 0 spiro atoms. The molecule has 0 bridgehead atoms. The monoisotopic (exact) mass is 426 g/mol. The number of hydrogen-bond donors (Lipinski definition) is 0.